The molecule has 2 rings (SSSR count). The number of hydrogen-bond donors (Lipinski definition) is 2. The number of nitrogens with one attached hydrogen (secondary N) is 2. The maximum absolute atomic E-state index is 11.8. The van der Waals surface area contributed by atoms with Gasteiger partial charge in [-0.25, -0.2) is 4.79 Å². The summed E-state index contributed by atoms with van der Waals surface area (Å²) in [6, 6.07) is 5.60. The van der Waals surface area contributed by atoms with Crippen molar-refractivity contribution in [1.29, 1.82) is 0 Å². The molecule has 1 aliphatic carbocycles. The van der Waals surface area contributed by atoms with E-state index in [0.717, 1.165) is 35.9 Å². The number of carbonyl (C=O) groups excluding carboxylic acids is 1. The Bertz CT molecular complexity index is 513. The van der Waals surface area contributed by atoms with Crippen LogP contribution in [0.2, 0.25) is 0 Å². The van der Waals surface area contributed by atoms with E-state index in [1.807, 2.05) is 18.2 Å². The second-order valence-electron chi connectivity index (χ2n) is 6.40. The number of benzene rings is 1. The van der Waals surface area contributed by atoms with E-state index in [2.05, 4.69) is 10.6 Å². The predicted octanol–water partition coefficient (Wildman–Crippen LogP) is 3.52. The highest BCUT2D eigenvalue weighted by atomic mass is 16.5. The van der Waals surface area contributed by atoms with Gasteiger partial charge in [0.05, 0.1) is 14.2 Å². The lowest BCUT2D eigenvalue weighted by Crippen LogP contribution is -2.37. The molecule has 5 heteroatoms. The van der Waals surface area contributed by atoms with E-state index in [9.17, 15) is 4.79 Å². The molecule has 0 radical (unpaired) electrons. The van der Waals surface area contributed by atoms with Crippen molar-refractivity contribution in [3.8, 4) is 11.5 Å². The molecule has 1 fully saturated rings. The minimum absolute atomic E-state index is 0.0942. The van der Waals surface area contributed by atoms with Crippen molar-refractivity contribution in [1.82, 2.24) is 10.6 Å². The zero-order valence-corrected chi connectivity index (χ0v) is 14.9. The Kier molecular flexibility index (Phi) is 7.72. The number of carbonyl (C=O) groups is 1. The van der Waals surface area contributed by atoms with Gasteiger partial charge >= 0.3 is 6.03 Å². The van der Waals surface area contributed by atoms with Crippen LogP contribution in [0.4, 0.5) is 4.79 Å². The lowest BCUT2D eigenvalue weighted by molar-refractivity contribution is 0.240. The van der Waals surface area contributed by atoms with Crippen LogP contribution in [0.1, 0.15) is 44.1 Å². The van der Waals surface area contributed by atoms with E-state index < -0.39 is 0 Å². The number of ether oxygens (including phenoxy) is 2. The summed E-state index contributed by atoms with van der Waals surface area (Å²) in [6.07, 6.45) is 8.51. The van der Waals surface area contributed by atoms with Gasteiger partial charge in [0.1, 0.15) is 11.5 Å². The highest BCUT2D eigenvalue weighted by Crippen LogP contribution is 2.28. The minimum Gasteiger partial charge on any atom is -0.497 e. The number of amides is 2. The van der Waals surface area contributed by atoms with E-state index in [-0.39, 0.29) is 6.03 Å². The molecule has 24 heavy (non-hydrogen) atoms. The zero-order chi connectivity index (χ0) is 17.2. The second kappa shape index (κ2) is 10.1. The number of methoxy groups -OCH3 is 2. The second-order valence-corrected chi connectivity index (χ2v) is 6.40. The number of urea groups is 1. The molecule has 1 aromatic carbocycles. The molecule has 2 N–H and O–H groups in total. The summed E-state index contributed by atoms with van der Waals surface area (Å²) < 4.78 is 10.6. The molecule has 0 heterocycles. The summed E-state index contributed by atoms with van der Waals surface area (Å²) in [6.45, 7) is 1.32. The highest BCUT2D eigenvalue weighted by Gasteiger charge is 2.14. The molecule has 0 bridgehead atoms. The third-order valence-corrected chi connectivity index (χ3v) is 4.72. The van der Waals surface area contributed by atoms with Crippen LogP contribution in [0, 0.1) is 5.92 Å². The monoisotopic (exact) mass is 334 g/mol. The molecule has 0 spiro atoms. The van der Waals surface area contributed by atoms with Crippen LogP contribution >= 0.6 is 0 Å². The van der Waals surface area contributed by atoms with Crippen molar-refractivity contribution in [2.75, 3.05) is 27.3 Å². The van der Waals surface area contributed by atoms with Crippen LogP contribution in [0.3, 0.4) is 0 Å². The molecule has 0 unspecified atom stereocenters. The molecule has 0 aliphatic heterocycles. The van der Waals surface area contributed by atoms with Gasteiger partial charge in [0.25, 0.3) is 0 Å². The molecule has 0 saturated heterocycles. The van der Waals surface area contributed by atoms with Crippen LogP contribution in [-0.2, 0) is 6.42 Å². The van der Waals surface area contributed by atoms with Gasteiger partial charge in [0.2, 0.25) is 0 Å². The van der Waals surface area contributed by atoms with E-state index >= 15 is 0 Å². The topological polar surface area (TPSA) is 59.6 Å². The Hall–Kier alpha value is -1.91. The van der Waals surface area contributed by atoms with Crippen LogP contribution in [0.15, 0.2) is 18.2 Å². The fraction of sp³-hybridized carbons (Fsp3) is 0.632. The third-order valence-electron chi connectivity index (χ3n) is 4.72. The Labute approximate surface area is 145 Å². The maximum Gasteiger partial charge on any atom is 0.314 e. The number of hydrogen-bond acceptors (Lipinski definition) is 3. The van der Waals surface area contributed by atoms with Gasteiger partial charge in [-0.05, 0) is 48.9 Å². The van der Waals surface area contributed by atoms with Gasteiger partial charge in [0.15, 0.2) is 0 Å². The van der Waals surface area contributed by atoms with Crippen molar-refractivity contribution in [3.63, 3.8) is 0 Å². The standard InChI is InChI=1S/C19H30N2O3/c1-23-17-9-10-18(24-2)16(14-17)11-13-21-19(22)20-12-5-8-15-6-3-4-7-15/h9-10,14-15H,3-8,11-13H2,1-2H3,(H2,20,21,22). The lowest BCUT2D eigenvalue weighted by Gasteiger charge is -2.12. The molecule has 1 saturated carbocycles. The van der Waals surface area contributed by atoms with Gasteiger partial charge in [-0.1, -0.05) is 25.7 Å². The smallest absolute Gasteiger partial charge is 0.314 e. The zero-order valence-electron chi connectivity index (χ0n) is 14.9. The Balaban J connectivity index is 1.63. The third kappa shape index (κ3) is 5.95. The summed E-state index contributed by atoms with van der Waals surface area (Å²) in [5.74, 6) is 2.49. The normalized spacial score (nSPS) is 14.4. The summed E-state index contributed by atoms with van der Waals surface area (Å²) in [4.78, 5) is 11.8. The van der Waals surface area contributed by atoms with Crippen LogP contribution < -0.4 is 20.1 Å². The SMILES string of the molecule is COc1ccc(OC)c(CCNC(=O)NCCCC2CCCC2)c1. The summed E-state index contributed by atoms with van der Waals surface area (Å²) >= 11 is 0. The van der Waals surface area contributed by atoms with Crippen LogP contribution in [0.5, 0.6) is 11.5 Å². The summed E-state index contributed by atoms with van der Waals surface area (Å²) in [7, 11) is 3.29. The first kappa shape index (κ1) is 18.4. The van der Waals surface area contributed by atoms with E-state index in [1.54, 1.807) is 14.2 Å². The van der Waals surface area contributed by atoms with Crippen molar-refractivity contribution >= 4 is 6.03 Å². The molecule has 0 aromatic heterocycles. The minimum atomic E-state index is -0.0942. The largest absolute Gasteiger partial charge is 0.497 e. The fourth-order valence-corrected chi connectivity index (χ4v) is 3.34. The first-order chi connectivity index (χ1) is 11.7. The molecular weight excluding hydrogens is 304 g/mol. The quantitative estimate of drug-likeness (QED) is 0.679. The molecule has 1 aliphatic rings. The van der Waals surface area contributed by atoms with E-state index in [1.165, 1.54) is 32.1 Å². The Morgan fingerprint density at radius 2 is 1.88 bits per heavy atom. The fourth-order valence-electron chi connectivity index (χ4n) is 3.34. The van der Waals surface area contributed by atoms with Crippen LogP contribution in [0.25, 0.3) is 0 Å². The van der Waals surface area contributed by atoms with E-state index in [4.69, 9.17) is 9.47 Å². The average molecular weight is 334 g/mol. The molecule has 1 aromatic rings. The summed E-state index contributed by atoms with van der Waals surface area (Å²) in [5, 5.41) is 5.84. The lowest BCUT2D eigenvalue weighted by atomic mass is 10.0. The van der Waals surface area contributed by atoms with Gasteiger partial charge in [-0.3, -0.25) is 0 Å². The Morgan fingerprint density at radius 3 is 2.58 bits per heavy atom. The molecule has 2 amide bonds. The van der Waals surface area contributed by atoms with Gasteiger partial charge < -0.3 is 20.1 Å². The van der Waals surface area contributed by atoms with Crippen LogP contribution in [-0.4, -0.2) is 33.3 Å². The summed E-state index contributed by atoms with van der Waals surface area (Å²) in [5.41, 5.74) is 1.03. The van der Waals surface area contributed by atoms with Gasteiger partial charge in [-0.15, -0.1) is 0 Å². The maximum atomic E-state index is 11.8. The molecule has 0 atom stereocenters. The van der Waals surface area contributed by atoms with Gasteiger partial charge in [-0.2, -0.15) is 0 Å². The number of rotatable bonds is 9. The predicted molar refractivity (Wildman–Crippen MR) is 95.8 cm³/mol. The van der Waals surface area contributed by atoms with Gasteiger partial charge in [0, 0.05) is 13.1 Å². The van der Waals surface area contributed by atoms with Crippen molar-refractivity contribution in [2.24, 2.45) is 5.92 Å². The first-order valence-electron chi connectivity index (χ1n) is 8.95. The molecular formula is C19H30N2O3. The van der Waals surface area contributed by atoms with Crippen molar-refractivity contribution < 1.29 is 14.3 Å². The van der Waals surface area contributed by atoms with Crippen molar-refractivity contribution in [3.05, 3.63) is 23.8 Å². The molecule has 134 valence electrons. The first-order valence-corrected chi connectivity index (χ1v) is 8.95. The Morgan fingerprint density at radius 1 is 1.12 bits per heavy atom. The van der Waals surface area contributed by atoms with Crippen molar-refractivity contribution in [2.45, 2.75) is 44.9 Å². The highest BCUT2D eigenvalue weighted by molar-refractivity contribution is 5.73. The average Bonchev–Trinajstić information content (AvgIpc) is 3.12. The van der Waals surface area contributed by atoms with E-state index in [0.29, 0.717) is 13.0 Å². The molecule has 5 nitrogen and oxygen atoms in total.